The second kappa shape index (κ2) is 4.03. The summed E-state index contributed by atoms with van der Waals surface area (Å²) in [6.45, 7) is 14.4. The van der Waals surface area contributed by atoms with Crippen molar-refractivity contribution in [2.75, 3.05) is 0 Å². The molecular weight excluding hydrogens is 176 g/mol. The Kier molecular flexibility index (Phi) is 3.38. The van der Waals surface area contributed by atoms with Crippen molar-refractivity contribution in [1.29, 1.82) is 0 Å². The SMILES string of the molecule is C=C[C@@]1(C(C)C)O[C@H](C(C)C)O[C@@H]1C. The first-order valence-corrected chi connectivity index (χ1v) is 5.41. The molecule has 1 fully saturated rings. The van der Waals surface area contributed by atoms with Crippen molar-refractivity contribution in [3.63, 3.8) is 0 Å². The Balaban J connectivity index is 2.85. The van der Waals surface area contributed by atoms with E-state index in [1.165, 1.54) is 0 Å². The molecule has 0 aromatic carbocycles. The summed E-state index contributed by atoms with van der Waals surface area (Å²) >= 11 is 0. The first-order chi connectivity index (χ1) is 6.44. The molecule has 0 N–H and O–H groups in total. The molecule has 1 rings (SSSR count). The van der Waals surface area contributed by atoms with Crippen molar-refractivity contribution in [2.24, 2.45) is 11.8 Å². The first kappa shape index (κ1) is 11.7. The molecule has 0 aliphatic carbocycles. The normalized spacial score (nSPS) is 38.2. The van der Waals surface area contributed by atoms with Gasteiger partial charge in [-0.25, -0.2) is 0 Å². The lowest BCUT2D eigenvalue weighted by Crippen LogP contribution is -2.41. The lowest BCUT2D eigenvalue weighted by atomic mass is 9.86. The summed E-state index contributed by atoms with van der Waals surface area (Å²) in [4.78, 5) is 0. The molecule has 1 aliphatic heterocycles. The van der Waals surface area contributed by atoms with Crippen LogP contribution >= 0.6 is 0 Å². The van der Waals surface area contributed by atoms with Crippen LogP contribution in [0.3, 0.4) is 0 Å². The highest BCUT2D eigenvalue weighted by atomic mass is 16.7. The van der Waals surface area contributed by atoms with Crippen LogP contribution in [0.4, 0.5) is 0 Å². The molecule has 1 aliphatic rings. The van der Waals surface area contributed by atoms with E-state index in [0.717, 1.165) is 0 Å². The standard InChI is InChI=1S/C12H22O2/c1-7-12(9(4)5)10(6)13-11(14-12)8(2)3/h7-11H,1H2,2-6H3/t10-,11-,12+/m1/s1. The Labute approximate surface area is 87.3 Å². The summed E-state index contributed by atoms with van der Waals surface area (Å²) in [6.07, 6.45) is 1.89. The average molecular weight is 198 g/mol. The van der Waals surface area contributed by atoms with Crippen LogP contribution < -0.4 is 0 Å². The van der Waals surface area contributed by atoms with Gasteiger partial charge in [-0.2, -0.15) is 0 Å². The van der Waals surface area contributed by atoms with Gasteiger partial charge in [0, 0.05) is 5.92 Å². The largest absolute Gasteiger partial charge is 0.346 e. The second-order valence-electron chi connectivity index (χ2n) is 4.72. The van der Waals surface area contributed by atoms with E-state index < -0.39 is 0 Å². The summed E-state index contributed by atoms with van der Waals surface area (Å²) in [6, 6.07) is 0. The molecule has 0 aromatic heterocycles. The third-order valence-electron chi connectivity index (χ3n) is 3.06. The third kappa shape index (κ3) is 1.73. The van der Waals surface area contributed by atoms with Crippen LogP contribution in [0.1, 0.15) is 34.6 Å². The van der Waals surface area contributed by atoms with Gasteiger partial charge in [-0.3, -0.25) is 0 Å². The van der Waals surface area contributed by atoms with Crippen molar-refractivity contribution in [2.45, 2.75) is 52.6 Å². The van der Waals surface area contributed by atoms with Crippen LogP contribution in [0.25, 0.3) is 0 Å². The Morgan fingerprint density at radius 2 is 1.86 bits per heavy atom. The highest BCUT2D eigenvalue weighted by Gasteiger charge is 2.48. The van der Waals surface area contributed by atoms with E-state index in [2.05, 4.69) is 41.2 Å². The first-order valence-electron chi connectivity index (χ1n) is 5.41. The monoisotopic (exact) mass is 198 g/mol. The molecule has 0 aromatic rings. The molecule has 2 nitrogen and oxygen atoms in total. The van der Waals surface area contributed by atoms with Crippen LogP contribution in [-0.4, -0.2) is 18.0 Å². The maximum absolute atomic E-state index is 5.99. The highest BCUT2D eigenvalue weighted by molar-refractivity contribution is 5.07. The maximum atomic E-state index is 5.99. The quantitative estimate of drug-likeness (QED) is 0.649. The zero-order valence-corrected chi connectivity index (χ0v) is 9.91. The molecule has 0 radical (unpaired) electrons. The molecule has 1 heterocycles. The molecule has 0 unspecified atom stereocenters. The van der Waals surface area contributed by atoms with Crippen LogP contribution in [0, 0.1) is 11.8 Å². The molecular formula is C12H22O2. The molecule has 2 heteroatoms. The summed E-state index contributed by atoms with van der Waals surface area (Å²) in [7, 11) is 0. The summed E-state index contributed by atoms with van der Waals surface area (Å²) < 4.78 is 11.8. The summed E-state index contributed by atoms with van der Waals surface area (Å²) in [5.74, 6) is 0.775. The Bertz CT molecular complexity index is 210. The molecule has 0 spiro atoms. The van der Waals surface area contributed by atoms with Gasteiger partial charge in [-0.15, -0.1) is 6.58 Å². The van der Waals surface area contributed by atoms with Crippen molar-refractivity contribution >= 4 is 0 Å². The van der Waals surface area contributed by atoms with Gasteiger partial charge in [0.2, 0.25) is 0 Å². The summed E-state index contributed by atoms with van der Waals surface area (Å²) in [5, 5.41) is 0. The van der Waals surface area contributed by atoms with E-state index in [-0.39, 0.29) is 18.0 Å². The van der Waals surface area contributed by atoms with E-state index in [0.29, 0.717) is 11.8 Å². The van der Waals surface area contributed by atoms with Crippen molar-refractivity contribution in [3.05, 3.63) is 12.7 Å². The van der Waals surface area contributed by atoms with E-state index in [9.17, 15) is 0 Å². The van der Waals surface area contributed by atoms with Gasteiger partial charge in [-0.1, -0.05) is 33.8 Å². The van der Waals surface area contributed by atoms with Gasteiger partial charge in [0.1, 0.15) is 5.60 Å². The van der Waals surface area contributed by atoms with E-state index in [1.807, 2.05) is 6.08 Å². The minimum Gasteiger partial charge on any atom is -0.346 e. The number of rotatable bonds is 3. The minimum atomic E-state index is -0.311. The van der Waals surface area contributed by atoms with Crippen molar-refractivity contribution in [1.82, 2.24) is 0 Å². The van der Waals surface area contributed by atoms with Crippen LogP contribution in [0.15, 0.2) is 12.7 Å². The van der Waals surface area contributed by atoms with Crippen LogP contribution in [-0.2, 0) is 9.47 Å². The maximum Gasteiger partial charge on any atom is 0.161 e. The van der Waals surface area contributed by atoms with Gasteiger partial charge < -0.3 is 9.47 Å². The highest BCUT2D eigenvalue weighted by Crippen LogP contribution is 2.39. The molecule has 3 atom stereocenters. The number of hydrogen-bond acceptors (Lipinski definition) is 2. The third-order valence-corrected chi connectivity index (χ3v) is 3.06. The Morgan fingerprint density at radius 1 is 1.29 bits per heavy atom. The topological polar surface area (TPSA) is 18.5 Å². The fourth-order valence-electron chi connectivity index (χ4n) is 1.98. The van der Waals surface area contributed by atoms with Crippen molar-refractivity contribution in [3.8, 4) is 0 Å². The van der Waals surface area contributed by atoms with Crippen LogP contribution in [0.5, 0.6) is 0 Å². The zero-order valence-electron chi connectivity index (χ0n) is 9.91. The van der Waals surface area contributed by atoms with Gasteiger partial charge >= 0.3 is 0 Å². The van der Waals surface area contributed by atoms with Crippen molar-refractivity contribution < 1.29 is 9.47 Å². The molecule has 0 saturated carbocycles. The van der Waals surface area contributed by atoms with Gasteiger partial charge in [0.15, 0.2) is 6.29 Å². The van der Waals surface area contributed by atoms with Gasteiger partial charge in [-0.05, 0) is 12.8 Å². The molecule has 0 amide bonds. The molecule has 14 heavy (non-hydrogen) atoms. The minimum absolute atomic E-state index is 0.0902. The molecule has 0 bridgehead atoms. The second-order valence-corrected chi connectivity index (χ2v) is 4.72. The van der Waals surface area contributed by atoms with Gasteiger partial charge in [0.25, 0.3) is 0 Å². The van der Waals surface area contributed by atoms with E-state index in [1.54, 1.807) is 0 Å². The number of ether oxygens (including phenoxy) is 2. The van der Waals surface area contributed by atoms with E-state index >= 15 is 0 Å². The fourth-order valence-corrected chi connectivity index (χ4v) is 1.98. The average Bonchev–Trinajstić information content (AvgIpc) is 2.44. The Morgan fingerprint density at radius 3 is 2.07 bits per heavy atom. The van der Waals surface area contributed by atoms with Gasteiger partial charge in [0.05, 0.1) is 6.10 Å². The predicted octanol–water partition coefficient (Wildman–Crippen LogP) is 2.98. The lowest BCUT2D eigenvalue weighted by molar-refractivity contribution is -0.113. The molecule has 82 valence electrons. The predicted molar refractivity (Wildman–Crippen MR) is 58.0 cm³/mol. The summed E-state index contributed by atoms with van der Waals surface area (Å²) in [5.41, 5.74) is -0.311. The smallest absolute Gasteiger partial charge is 0.161 e. The number of hydrogen-bond donors (Lipinski definition) is 0. The zero-order chi connectivity index (χ0) is 10.9. The lowest BCUT2D eigenvalue weighted by Gasteiger charge is -2.31. The molecule has 1 saturated heterocycles. The van der Waals surface area contributed by atoms with E-state index in [4.69, 9.17) is 9.47 Å². The fraction of sp³-hybridized carbons (Fsp3) is 0.833. The Hall–Kier alpha value is -0.340. The van der Waals surface area contributed by atoms with Crippen LogP contribution in [0.2, 0.25) is 0 Å².